The minimum absolute atomic E-state index is 0.465. The Kier molecular flexibility index (Phi) is 8.11. The first-order valence-corrected chi connectivity index (χ1v) is 7.48. The van der Waals surface area contributed by atoms with Crippen molar-refractivity contribution < 1.29 is 0 Å². The molecule has 0 aliphatic carbocycles. The molecule has 0 bridgehead atoms. The van der Waals surface area contributed by atoms with E-state index < -0.39 is 0 Å². The lowest BCUT2D eigenvalue weighted by molar-refractivity contribution is 0.263. The second kappa shape index (κ2) is 8.13. The Balaban J connectivity index is 4.11. The quantitative estimate of drug-likeness (QED) is 0.639. The van der Waals surface area contributed by atoms with Crippen LogP contribution in [0.15, 0.2) is 0 Å². The van der Waals surface area contributed by atoms with Crippen LogP contribution in [0.1, 0.15) is 74.1 Å². The van der Waals surface area contributed by atoms with Crippen LogP contribution in [0.4, 0.5) is 0 Å². The Bertz CT molecular complexity index is 178. The molecule has 0 fully saturated rings. The standard InChI is InChI=1S/C16H35N/c1-8-9-17-15(10-13(2)3)11-14(4)12-16(5,6)7/h13-15,17H,8-12H2,1-7H3. The van der Waals surface area contributed by atoms with Crippen LogP contribution in [-0.4, -0.2) is 12.6 Å². The Morgan fingerprint density at radius 3 is 2.00 bits per heavy atom. The SMILES string of the molecule is CCCNC(CC(C)C)CC(C)CC(C)(C)C. The molecule has 0 aromatic heterocycles. The van der Waals surface area contributed by atoms with Crippen LogP contribution in [0.25, 0.3) is 0 Å². The van der Waals surface area contributed by atoms with E-state index in [4.69, 9.17) is 0 Å². The summed E-state index contributed by atoms with van der Waals surface area (Å²) in [5.41, 5.74) is 0.465. The van der Waals surface area contributed by atoms with Gasteiger partial charge in [0.15, 0.2) is 0 Å². The van der Waals surface area contributed by atoms with Gasteiger partial charge in [0.2, 0.25) is 0 Å². The van der Waals surface area contributed by atoms with Crippen molar-refractivity contribution in [2.24, 2.45) is 17.3 Å². The molecule has 2 unspecified atom stereocenters. The highest BCUT2D eigenvalue weighted by Crippen LogP contribution is 2.27. The molecule has 0 rings (SSSR count). The molecule has 0 amide bonds. The lowest BCUT2D eigenvalue weighted by Crippen LogP contribution is -2.33. The predicted octanol–water partition coefficient (Wildman–Crippen LogP) is 4.86. The van der Waals surface area contributed by atoms with Gasteiger partial charge >= 0.3 is 0 Å². The van der Waals surface area contributed by atoms with E-state index in [-0.39, 0.29) is 0 Å². The van der Waals surface area contributed by atoms with E-state index in [1.165, 1.54) is 32.2 Å². The van der Waals surface area contributed by atoms with Crippen molar-refractivity contribution in [1.29, 1.82) is 0 Å². The molecule has 104 valence electrons. The Morgan fingerprint density at radius 2 is 1.59 bits per heavy atom. The van der Waals surface area contributed by atoms with Gasteiger partial charge in [-0.2, -0.15) is 0 Å². The molecule has 0 aliphatic rings. The van der Waals surface area contributed by atoms with E-state index >= 15 is 0 Å². The van der Waals surface area contributed by atoms with Crippen molar-refractivity contribution in [2.45, 2.75) is 80.2 Å². The van der Waals surface area contributed by atoms with Crippen molar-refractivity contribution in [3.05, 3.63) is 0 Å². The highest BCUT2D eigenvalue weighted by Gasteiger charge is 2.19. The van der Waals surface area contributed by atoms with Crippen molar-refractivity contribution in [3.63, 3.8) is 0 Å². The first kappa shape index (κ1) is 17.0. The fourth-order valence-electron chi connectivity index (χ4n) is 2.79. The minimum atomic E-state index is 0.465. The van der Waals surface area contributed by atoms with E-state index in [1.54, 1.807) is 0 Å². The Labute approximate surface area is 110 Å². The summed E-state index contributed by atoms with van der Waals surface area (Å²) in [5, 5.41) is 3.72. The monoisotopic (exact) mass is 241 g/mol. The number of hydrogen-bond donors (Lipinski definition) is 1. The normalized spacial score (nSPS) is 16.2. The number of rotatable bonds is 8. The molecule has 0 aromatic carbocycles. The average molecular weight is 241 g/mol. The molecule has 0 heterocycles. The second-order valence-corrected chi connectivity index (χ2v) is 7.39. The van der Waals surface area contributed by atoms with Gasteiger partial charge in [0.25, 0.3) is 0 Å². The first-order chi connectivity index (χ1) is 7.74. The molecular weight excluding hydrogens is 206 g/mol. The molecule has 0 saturated carbocycles. The van der Waals surface area contributed by atoms with Crippen molar-refractivity contribution >= 4 is 0 Å². The third-order valence-electron chi connectivity index (χ3n) is 3.09. The summed E-state index contributed by atoms with van der Waals surface area (Å²) in [7, 11) is 0. The van der Waals surface area contributed by atoms with Gasteiger partial charge in [-0.3, -0.25) is 0 Å². The van der Waals surface area contributed by atoms with Crippen LogP contribution in [0, 0.1) is 17.3 Å². The summed E-state index contributed by atoms with van der Waals surface area (Å²) in [6, 6.07) is 0.715. The minimum Gasteiger partial charge on any atom is -0.314 e. The van der Waals surface area contributed by atoms with Gasteiger partial charge in [-0.05, 0) is 49.5 Å². The maximum absolute atomic E-state index is 3.72. The maximum atomic E-state index is 3.72. The van der Waals surface area contributed by atoms with Crippen molar-refractivity contribution in [2.75, 3.05) is 6.54 Å². The molecule has 0 spiro atoms. The molecule has 0 saturated heterocycles. The van der Waals surface area contributed by atoms with Crippen molar-refractivity contribution in [1.82, 2.24) is 5.32 Å². The molecule has 1 N–H and O–H groups in total. The second-order valence-electron chi connectivity index (χ2n) is 7.39. The average Bonchev–Trinajstić information content (AvgIpc) is 2.09. The summed E-state index contributed by atoms with van der Waals surface area (Å²) < 4.78 is 0. The molecule has 1 nitrogen and oxygen atoms in total. The van der Waals surface area contributed by atoms with Gasteiger partial charge in [-0.25, -0.2) is 0 Å². The van der Waals surface area contributed by atoms with Gasteiger partial charge in [-0.15, -0.1) is 0 Å². The van der Waals surface area contributed by atoms with Gasteiger partial charge in [0.1, 0.15) is 0 Å². The fourth-order valence-corrected chi connectivity index (χ4v) is 2.79. The van der Waals surface area contributed by atoms with Gasteiger partial charge in [0.05, 0.1) is 0 Å². The zero-order chi connectivity index (χ0) is 13.5. The molecular formula is C16H35N. The van der Waals surface area contributed by atoms with E-state index in [2.05, 4.69) is 53.8 Å². The van der Waals surface area contributed by atoms with Crippen LogP contribution in [0.5, 0.6) is 0 Å². The van der Waals surface area contributed by atoms with Crippen LogP contribution in [0.3, 0.4) is 0 Å². The van der Waals surface area contributed by atoms with Gasteiger partial charge in [-0.1, -0.05) is 48.5 Å². The lowest BCUT2D eigenvalue weighted by atomic mass is 9.82. The third kappa shape index (κ3) is 10.8. The van der Waals surface area contributed by atoms with Gasteiger partial charge in [0, 0.05) is 6.04 Å². The molecule has 0 aliphatic heterocycles. The topological polar surface area (TPSA) is 12.0 Å². The number of nitrogens with one attached hydrogen (secondary N) is 1. The van der Waals surface area contributed by atoms with Crippen LogP contribution in [0.2, 0.25) is 0 Å². The highest BCUT2D eigenvalue weighted by molar-refractivity contribution is 4.74. The summed E-state index contributed by atoms with van der Waals surface area (Å²) in [6.07, 6.45) is 5.21. The molecule has 2 atom stereocenters. The smallest absolute Gasteiger partial charge is 0.00720 e. The summed E-state index contributed by atoms with van der Waals surface area (Å²) in [6.45, 7) is 17.5. The summed E-state index contributed by atoms with van der Waals surface area (Å²) in [5.74, 6) is 1.62. The van der Waals surface area contributed by atoms with E-state index in [1.807, 2.05) is 0 Å². The fraction of sp³-hybridized carbons (Fsp3) is 1.00. The van der Waals surface area contributed by atoms with Gasteiger partial charge < -0.3 is 5.32 Å². The maximum Gasteiger partial charge on any atom is 0.00720 e. The van der Waals surface area contributed by atoms with E-state index in [9.17, 15) is 0 Å². The summed E-state index contributed by atoms with van der Waals surface area (Å²) in [4.78, 5) is 0. The summed E-state index contributed by atoms with van der Waals surface area (Å²) >= 11 is 0. The molecule has 17 heavy (non-hydrogen) atoms. The third-order valence-corrected chi connectivity index (χ3v) is 3.09. The molecule has 0 aromatic rings. The van der Waals surface area contributed by atoms with Crippen LogP contribution >= 0.6 is 0 Å². The Hall–Kier alpha value is -0.0400. The largest absolute Gasteiger partial charge is 0.314 e. The molecule has 0 radical (unpaired) electrons. The van der Waals surface area contributed by atoms with E-state index in [0.29, 0.717) is 11.5 Å². The zero-order valence-corrected chi connectivity index (χ0v) is 13.3. The molecule has 1 heteroatoms. The predicted molar refractivity (Wildman–Crippen MR) is 79.4 cm³/mol. The van der Waals surface area contributed by atoms with Crippen LogP contribution in [-0.2, 0) is 0 Å². The first-order valence-electron chi connectivity index (χ1n) is 7.48. The van der Waals surface area contributed by atoms with E-state index in [0.717, 1.165) is 11.8 Å². The number of hydrogen-bond acceptors (Lipinski definition) is 1. The Morgan fingerprint density at radius 1 is 1.00 bits per heavy atom. The zero-order valence-electron chi connectivity index (χ0n) is 13.3. The van der Waals surface area contributed by atoms with Crippen molar-refractivity contribution in [3.8, 4) is 0 Å². The lowest BCUT2D eigenvalue weighted by Gasteiger charge is -2.28. The highest BCUT2D eigenvalue weighted by atomic mass is 14.9. The van der Waals surface area contributed by atoms with Crippen LogP contribution < -0.4 is 5.32 Å².